The van der Waals surface area contributed by atoms with Crippen LogP contribution in [0.4, 0.5) is 0 Å². The molecule has 2 N–H and O–H groups in total. The molecule has 1 aromatic carbocycles. The quantitative estimate of drug-likeness (QED) is 0.514. The molecule has 0 atom stereocenters. The van der Waals surface area contributed by atoms with Gasteiger partial charge in [-0.05, 0) is 19.1 Å². The molecule has 0 aliphatic carbocycles. The number of guanidine groups is 1. The van der Waals surface area contributed by atoms with Crippen molar-refractivity contribution in [3.8, 4) is 11.5 Å². The van der Waals surface area contributed by atoms with Gasteiger partial charge in [-0.3, -0.25) is 0 Å². The van der Waals surface area contributed by atoms with E-state index in [0.717, 1.165) is 35.4 Å². The average molecular weight is 375 g/mol. The smallest absolute Gasteiger partial charge is 0.228 e. The van der Waals surface area contributed by atoms with Gasteiger partial charge in [0.15, 0.2) is 11.8 Å². The average Bonchev–Trinajstić information content (AvgIpc) is 3.15. The molecule has 148 valence electrons. The van der Waals surface area contributed by atoms with Crippen molar-refractivity contribution in [1.29, 1.82) is 0 Å². The molecular weight excluding hydrogens is 346 g/mol. The van der Waals surface area contributed by atoms with Crippen molar-refractivity contribution in [3.05, 3.63) is 35.5 Å². The van der Waals surface area contributed by atoms with Gasteiger partial charge in [-0.1, -0.05) is 19.0 Å². The third-order valence-corrected chi connectivity index (χ3v) is 3.88. The highest BCUT2D eigenvalue weighted by Crippen LogP contribution is 2.25. The highest BCUT2D eigenvalue weighted by Gasteiger charge is 2.10. The molecule has 2 aromatic rings. The van der Waals surface area contributed by atoms with Crippen LogP contribution in [0.2, 0.25) is 0 Å². The number of methoxy groups -OCH3 is 2. The number of rotatable bonds is 9. The van der Waals surface area contributed by atoms with E-state index in [0.29, 0.717) is 25.4 Å². The fourth-order valence-corrected chi connectivity index (χ4v) is 2.38. The molecule has 0 amide bonds. The van der Waals surface area contributed by atoms with Crippen molar-refractivity contribution < 1.29 is 14.0 Å². The van der Waals surface area contributed by atoms with Crippen LogP contribution in [0.25, 0.3) is 0 Å². The van der Waals surface area contributed by atoms with Crippen LogP contribution in [0.1, 0.15) is 44.0 Å². The first-order valence-corrected chi connectivity index (χ1v) is 9.12. The van der Waals surface area contributed by atoms with Gasteiger partial charge in [-0.25, -0.2) is 4.99 Å². The van der Waals surface area contributed by atoms with Crippen molar-refractivity contribution in [2.24, 2.45) is 4.99 Å². The summed E-state index contributed by atoms with van der Waals surface area (Å²) in [5.41, 5.74) is 0.981. The minimum absolute atomic E-state index is 0.258. The third kappa shape index (κ3) is 6.16. The molecule has 0 fully saturated rings. The molecule has 0 aliphatic heterocycles. The van der Waals surface area contributed by atoms with Crippen LogP contribution < -0.4 is 20.1 Å². The summed E-state index contributed by atoms with van der Waals surface area (Å²) in [6.07, 6.45) is 0.635. The first kappa shape index (κ1) is 20.5. The second-order valence-corrected chi connectivity index (χ2v) is 6.25. The van der Waals surface area contributed by atoms with Gasteiger partial charge in [0.25, 0.3) is 0 Å². The highest BCUT2D eigenvalue weighted by atomic mass is 16.5. The van der Waals surface area contributed by atoms with E-state index in [1.807, 2.05) is 39.0 Å². The van der Waals surface area contributed by atoms with E-state index in [9.17, 15) is 0 Å². The fraction of sp³-hybridized carbons (Fsp3) is 0.526. The molecule has 0 saturated heterocycles. The lowest BCUT2D eigenvalue weighted by Gasteiger charge is -2.12. The van der Waals surface area contributed by atoms with Gasteiger partial charge in [0.05, 0.1) is 20.8 Å². The van der Waals surface area contributed by atoms with Gasteiger partial charge < -0.3 is 24.6 Å². The maximum atomic E-state index is 5.42. The van der Waals surface area contributed by atoms with Gasteiger partial charge in [-0.2, -0.15) is 4.98 Å². The van der Waals surface area contributed by atoms with Crippen molar-refractivity contribution >= 4 is 5.96 Å². The first-order chi connectivity index (χ1) is 13.1. The molecule has 2 rings (SSSR count). The lowest BCUT2D eigenvalue weighted by molar-refractivity contribution is 0.371. The highest BCUT2D eigenvalue weighted by molar-refractivity contribution is 5.79. The van der Waals surface area contributed by atoms with Crippen LogP contribution in [0, 0.1) is 0 Å². The van der Waals surface area contributed by atoms with E-state index >= 15 is 0 Å². The van der Waals surface area contributed by atoms with E-state index in [2.05, 4.69) is 25.8 Å². The molecule has 0 saturated carbocycles. The van der Waals surface area contributed by atoms with E-state index < -0.39 is 0 Å². The van der Waals surface area contributed by atoms with Gasteiger partial charge in [0.1, 0.15) is 11.5 Å². The Kier molecular flexibility index (Phi) is 7.91. The van der Waals surface area contributed by atoms with Gasteiger partial charge in [0, 0.05) is 37.1 Å². The number of nitrogens with one attached hydrogen (secondary N) is 2. The fourth-order valence-electron chi connectivity index (χ4n) is 2.38. The van der Waals surface area contributed by atoms with Crippen LogP contribution in [-0.2, 0) is 13.0 Å². The largest absolute Gasteiger partial charge is 0.497 e. The van der Waals surface area contributed by atoms with Crippen LogP contribution in [-0.4, -0.2) is 43.4 Å². The van der Waals surface area contributed by atoms with E-state index in [4.69, 9.17) is 14.0 Å². The summed E-state index contributed by atoms with van der Waals surface area (Å²) in [4.78, 5) is 9.00. The minimum Gasteiger partial charge on any atom is -0.497 e. The lowest BCUT2D eigenvalue weighted by Crippen LogP contribution is -2.38. The Morgan fingerprint density at radius 3 is 2.67 bits per heavy atom. The normalized spacial score (nSPS) is 11.6. The van der Waals surface area contributed by atoms with Crippen molar-refractivity contribution in [1.82, 2.24) is 20.8 Å². The van der Waals surface area contributed by atoms with E-state index in [-0.39, 0.29) is 5.92 Å². The van der Waals surface area contributed by atoms with E-state index in [1.165, 1.54) is 0 Å². The zero-order chi connectivity index (χ0) is 19.6. The van der Waals surface area contributed by atoms with Crippen LogP contribution in [0.15, 0.2) is 27.7 Å². The Morgan fingerprint density at radius 2 is 2.04 bits per heavy atom. The predicted molar refractivity (Wildman–Crippen MR) is 104 cm³/mol. The summed E-state index contributed by atoms with van der Waals surface area (Å²) in [6.45, 7) is 8.00. The summed E-state index contributed by atoms with van der Waals surface area (Å²) in [6, 6.07) is 5.71. The number of benzene rings is 1. The Balaban J connectivity index is 1.95. The zero-order valence-corrected chi connectivity index (χ0v) is 16.7. The molecule has 0 aliphatic rings. The SMILES string of the molecule is CCNC(=NCc1ccc(OC)cc1OC)NCCc1nc(C(C)C)no1. The second-order valence-electron chi connectivity index (χ2n) is 6.25. The predicted octanol–water partition coefficient (Wildman–Crippen LogP) is 2.51. The summed E-state index contributed by atoms with van der Waals surface area (Å²) in [5, 5.41) is 10.5. The molecule has 0 unspecified atom stereocenters. The Labute approximate surface area is 160 Å². The molecule has 27 heavy (non-hydrogen) atoms. The van der Waals surface area contributed by atoms with Crippen molar-refractivity contribution in [2.45, 2.75) is 39.7 Å². The van der Waals surface area contributed by atoms with Crippen LogP contribution in [0.3, 0.4) is 0 Å². The Bertz CT molecular complexity index is 743. The molecule has 0 spiro atoms. The zero-order valence-electron chi connectivity index (χ0n) is 16.7. The Hall–Kier alpha value is -2.77. The third-order valence-electron chi connectivity index (χ3n) is 3.88. The number of hydrogen-bond donors (Lipinski definition) is 2. The van der Waals surface area contributed by atoms with Crippen LogP contribution >= 0.6 is 0 Å². The first-order valence-electron chi connectivity index (χ1n) is 9.12. The number of nitrogens with zero attached hydrogens (tertiary/aromatic N) is 3. The molecule has 8 heteroatoms. The molecule has 1 aromatic heterocycles. The second kappa shape index (κ2) is 10.4. The lowest BCUT2D eigenvalue weighted by atomic mass is 10.2. The number of hydrogen-bond acceptors (Lipinski definition) is 6. The van der Waals surface area contributed by atoms with Gasteiger partial charge in [0.2, 0.25) is 5.89 Å². The van der Waals surface area contributed by atoms with Gasteiger partial charge in [-0.15, -0.1) is 0 Å². The monoisotopic (exact) mass is 375 g/mol. The molecular formula is C19H29N5O3. The summed E-state index contributed by atoms with van der Waals surface area (Å²) in [5.74, 6) is 3.84. The van der Waals surface area contributed by atoms with Crippen molar-refractivity contribution in [3.63, 3.8) is 0 Å². The number of aromatic nitrogens is 2. The van der Waals surface area contributed by atoms with E-state index in [1.54, 1.807) is 14.2 Å². The molecule has 0 radical (unpaired) electrons. The van der Waals surface area contributed by atoms with Crippen molar-refractivity contribution in [2.75, 3.05) is 27.3 Å². The summed E-state index contributed by atoms with van der Waals surface area (Å²) < 4.78 is 15.9. The molecule has 0 bridgehead atoms. The summed E-state index contributed by atoms with van der Waals surface area (Å²) >= 11 is 0. The summed E-state index contributed by atoms with van der Waals surface area (Å²) in [7, 11) is 3.27. The topological polar surface area (TPSA) is 93.8 Å². The standard InChI is InChI=1S/C19H29N5O3/c1-6-20-19(21-10-9-17-23-18(13(2)3)24-27-17)22-12-14-7-8-15(25-4)11-16(14)26-5/h7-8,11,13H,6,9-10,12H2,1-5H3,(H2,20,21,22). The van der Waals surface area contributed by atoms with Crippen LogP contribution in [0.5, 0.6) is 11.5 Å². The maximum absolute atomic E-state index is 5.42. The van der Waals surface area contributed by atoms with Gasteiger partial charge >= 0.3 is 0 Å². The number of aliphatic imine (C=N–C) groups is 1. The minimum atomic E-state index is 0.258. The number of ether oxygens (including phenoxy) is 2. The molecule has 8 nitrogen and oxygen atoms in total. The Morgan fingerprint density at radius 1 is 1.22 bits per heavy atom. The maximum Gasteiger partial charge on any atom is 0.228 e. The molecule has 1 heterocycles.